The molecule has 2 rings (SSSR count). The van der Waals surface area contributed by atoms with E-state index in [9.17, 15) is 13.2 Å². The molecule has 8 heteroatoms. The Morgan fingerprint density at radius 3 is 2.79 bits per heavy atom. The van der Waals surface area contributed by atoms with Gasteiger partial charge in [-0.15, -0.1) is 4.40 Å². The number of hydrogen-bond acceptors (Lipinski definition) is 5. The van der Waals surface area contributed by atoms with Crippen LogP contribution in [0.2, 0.25) is 0 Å². The Morgan fingerprint density at radius 1 is 1.38 bits per heavy atom. The van der Waals surface area contributed by atoms with Crippen LogP contribution in [-0.2, 0) is 14.8 Å². The maximum absolute atomic E-state index is 12.4. The van der Waals surface area contributed by atoms with E-state index < -0.39 is 10.0 Å². The molecule has 0 spiro atoms. The maximum Gasteiger partial charge on any atom is 0.286 e. The van der Waals surface area contributed by atoms with Crippen LogP contribution in [0.5, 0.6) is 0 Å². The highest BCUT2D eigenvalue weighted by atomic mass is 32.2. The quantitative estimate of drug-likeness (QED) is 0.755. The van der Waals surface area contributed by atoms with Crippen LogP contribution in [0.25, 0.3) is 0 Å². The SMILES string of the molecule is CCCCN1C(C)=NS(=O)(=O)c2cc(C(=O)NCCOC)ccc21. The highest BCUT2D eigenvalue weighted by molar-refractivity contribution is 7.90. The van der Waals surface area contributed by atoms with Gasteiger partial charge in [0, 0.05) is 25.8 Å². The van der Waals surface area contributed by atoms with Gasteiger partial charge in [0.15, 0.2) is 0 Å². The van der Waals surface area contributed by atoms with Crippen LogP contribution < -0.4 is 10.2 Å². The molecule has 0 unspecified atom stereocenters. The van der Waals surface area contributed by atoms with Crippen molar-refractivity contribution in [2.24, 2.45) is 4.40 Å². The molecule has 1 amide bonds. The molecule has 0 atom stereocenters. The molecule has 0 fully saturated rings. The zero-order valence-electron chi connectivity index (χ0n) is 14.2. The first-order valence-electron chi connectivity index (χ1n) is 7.91. The largest absolute Gasteiger partial charge is 0.383 e. The molecule has 24 heavy (non-hydrogen) atoms. The molecular weight excluding hydrogens is 330 g/mol. The number of sulfonamides is 1. The average molecular weight is 353 g/mol. The minimum atomic E-state index is -3.79. The lowest BCUT2D eigenvalue weighted by molar-refractivity contribution is 0.0937. The highest BCUT2D eigenvalue weighted by Crippen LogP contribution is 2.32. The van der Waals surface area contributed by atoms with Crippen molar-refractivity contribution in [2.45, 2.75) is 31.6 Å². The summed E-state index contributed by atoms with van der Waals surface area (Å²) in [7, 11) is -2.24. The molecule has 1 aromatic rings. The Hall–Kier alpha value is -1.93. The summed E-state index contributed by atoms with van der Waals surface area (Å²) in [5, 5.41) is 2.68. The Labute approximate surface area is 142 Å². The number of unbranched alkanes of at least 4 members (excludes halogenated alkanes) is 1. The number of benzene rings is 1. The Kier molecular flexibility index (Phi) is 5.95. The Morgan fingerprint density at radius 2 is 2.12 bits per heavy atom. The maximum atomic E-state index is 12.4. The summed E-state index contributed by atoms with van der Waals surface area (Å²) in [5.74, 6) is 0.115. The number of carbonyl (C=O) groups is 1. The summed E-state index contributed by atoms with van der Waals surface area (Å²) < 4.78 is 33.5. The van der Waals surface area contributed by atoms with Crippen molar-refractivity contribution < 1.29 is 17.9 Å². The average Bonchev–Trinajstić information content (AvgIpc) is 2.54. The van der Waals surface area contributed by atoms with E-state index in [1.54, 1.807) is 26.2 Å². The summed E-state index contributed by atoms with van der Waals surface area (Å²) in [5.41, 5.74) is 0.864. The summed E-state index contributed by atoms with van der Waals surface area (Å²) in [6.45, 7) is 5.19. The van der Waals surface area contributed by atoms with E-state index in [0.29, 0.717) is 36.8 Å². The van der Waals surface area contributed by atoms with Gasteiger partial charge < -0.3 is 15.0 Å². The number of methoxy groups -OCH3 is 1. The van der Waals surface area contributed by atoms with E-state index in [-0.39, 0.29) is 10.8 Å². The molecule has 0 saturated carbocycles. The number of ether oxygens (including phenoxy) is 1. The van der Waals surface area contributed by atoms with Crippen LogP contribution in [-0.4, -0.2) is 47.0 Å². The van der Waals surface area contributed by atoms with Crippen molar-refractivity contribution in [1.29, 1.82) is 0 Å². The van der Waals surface area contributed by atoms with Gasteiger partial charge in [0.25, 0.3) is 15.9 Å². The van der Waals surface area contributed by atoms with Crippen LogP contribution in [0.15, 0.2) is 27.5 Å². The van der Waals surface area contributed by atoms with Gasteiger partial charge in [0.1, 0.15) is 10.7 Å². The zero-order chi connectivity index (χ0) is 17.7. The molecular formula is C16H23N3O4S. The highest BCUT2D eigenvalue weighted by Gasteiger charge is 2.29. The summed E-state index contributed by atoms with van der Waals surface area (Å²) in [4.78, 5) is 14.1. The molecule has 1 N–H and O–H groups in total. The number of amides is 1. The van der Waals surface area contributed by atoms with Crippen LogP contribution in [0.4, 0.5) is 5.69 Å². The third-order valence-electron chi connectivity index (χ3n) is 3.76. The minimum absolute atomic E-state index is 0.0728. The first-order valence-corrected chi connectivity index (χ1v) is 9.35. The first-order chi connectivity index (χ1) is 11.4. The van der Waals surface area contributed by atoms with E-state index >= 15 is 0 Å². The van der Waals surface area contributed by atoms with Crippen molar-refractivity contribution in [1.82, 2.24) is 5.32 Å². The van der Waals surface area contributed by atoms with Gasteiger partial charge in [-0.05, 0) is 31.5 Å². The predicted molar refractivity (Wildman–Crippen MR) is 93.2 cm³/mol. The molecule has 0 aromatic heterocycles. The van der Waals surface area contributed by atoms with Crippen molar-refractivity contribution in [3.8, 4) is 0 Å². The van der Waals surface area contributed by atoms with E-state index in [2.05, 4.69) is 16.6 Å². The number of anilines is 1. The number of nitrogens with one attached hydrogen (secondary N) is 1. The van der Waals surface area contributed by atoms with Crippen LogP contribution in [0.3, 0.4) is 0 Å². The fraction of sp³-hybridized carbons (Fsp3) is 0.500. The standard InChI is InChI=1S/C16H23N3O4S/c1-4-5-9-19-12(2)18-24(21,22)15-11-13(6-7-14(15)19)16(20)17-8-10-23-3/h6-7,11H,4-5,8-10H2,1-3H3,(H,17,20). The van der Waals surface area contributed by atoms with Crippen molar-refractivity contribution in [2.75, 3.05) is 31.7 Å². The van der Waals surface area contributed by atoms with Gasteiger partial charge in [-0.2, -0.15) is 8.42 Å². The fourth-order valence-electron chi connectivity index (χ4n) is 2.50. The number of rotatable bonds is 7. The topological polar surface area (TPSA) is 88.1 Å². The minimum Gasteiger partial charge on any atom is -0.383 e. The normalized spacial score (nSPS) is 15.6. The smallest absolute Gasteiger partial charge is 0.286 e. The fourth-order valence-corrected chi connectivity index (χ4v) is 3.76. The van der Waals surface area contributed by atoms with Crippen LogP contribution >= 0.6 is 0 Å². The molecule has 1 aliphatic rings. The van der Waals surface area contributed by atoms with Gasteiger partial charge in [-0.1, -0.05) is 13.3 Å². The summed E-state index contributed by atoms with van der Waals surface area (Å²) in [6.07, 6.45) is 1.91. The van der Waals surface area contributed by atoms with E-state index in [4.69, 9.17) is 4.74 Å². The Bertz CT molecular complexity index is 744. The molecule has 0 saturated heterocycles. The lowest BCUT2D eigenvalue weighted by Crippen LogP contribution is -2.35. The number of hydrogen-bond donors (Lipinski definition) is 1. The number of carbonyl (C=O) groups excluding carboxylic acids is 1. The third-order valence-corrected chi connectivity index (χ3v) is 5.15. The molecule has 1 heterocycles. The Balaban J connectivity index is 2.35. The predicted octanol–water partition coefficient (Wildman–Crippen LogP) is 1.79. The third kappa shape index (κ3) is 3.93. The number of amidine groups is 1. The van der Waals surface area contributed by atoms with Crippen molar-refractivity contribution in [3.63, 3.8) is 0 Å². The van der Waals surface area contributed by atoms with Crippen molar-refractivity contribution >= 4 is 27.5 Å². The van der Waals surface area contributed by atoms with Crippen LogP contribution in [0, 0.1) is 0 Å². The van der Waals surface area contributed by atoms with Gasteiger partial charge in [0.2, 0.25) is 0 Å². The molecule has 0 aliphatic carbocycles. The summed E-state index contributed by atoms with van der Waals surface area (Å²) in [6, 6.07) is 4.70. The van der Waals surface area contributed by atoms with Crippen LogP contribution in [0.1, 0.15) is 37.0 Å². The van der Waals surface area contributed by atoms with E-state index in [1.807, 2.05) is 4.90 Å². The van der Waals surface area contributed by atoms with Gasteiger partial charge in [-0.3, -0.25) is 4.79 Å². The molecule has 0 radical (unpaired) electrons. The number of fused-ring (bicyclic) bond motifs is 1. The van der Waals surface area contributed by atoms with Gasteiger partial charge >= 0.3 is 0 Å². The summed E-state index contributed by atoms with van der Waals surface area (Å²) >= 11 is 0. The molecule has 132 valence electrons. The second-order valence-corrected chi connectivity index (χ2v) is 7.12. The molecule has 1 aromatic carbocycles. The second-order valence-electron chi connectivity index (χ2n) is 5.55. The monoisotopic (exact) mass is 353 g/mol. The number of nitrogens with zero attached hydrogens (tertiary/aromatic N) is 2. The van der Waals surface area contributed by atoms with Gasteiger partial charge in [-0.25, -0.2) is 0 Å². The first kappa shape index (κ1) is 18.4. The second kappa shape index (κ2) is 7.76. The molecule has 1 aliphatic heterocycles. The molecule has 0 bridgehead atoms. The zero-order valence-corrected chi connectivity index (χ0v) is 15.0. The van der Waals surface area contributed by atoms with E-state index in [0.717, 1.165) is 12.8 Å². The van der Waals surface area contributed by atoms with Gasteiger partial charge in [0.05, 0.1) is 12.3 Å². The lowest BCUT2D eigenvalue weighted by atomic mass is 10.1. The van der Waals surface area contributed by atoms with E-state index in [1.165, 1.54) is 6.07 Å². The molecule has 7 nitrogen and oxygen atoms in total. The lowest BCUT2D eigenvalue weighted by Gasteiger charge is -2.29. The van der Waals surface area contributed by atoms with Crippen molar-refractivity contribution in [3.05, 3.63) is 23.8 Å².